The predicted octanol–water partition coefficient (Wildman–Crippen LogP) is 6.56. The van der Waals surface area contributed by atoms with E-state index in [-0.39, 0.29) is 11.9 Å². The Morgan fingerprint density at radius 3 is 1.87 bits per heavy atom. The van der Waals surface area contributed by atoms with Gasteiger partial charge in [-0.05, 0) is 23.3 Å². The molecule has 0 bridgehead atoms. The van der Waals surface area contributed by atoms with E-state index < -0.39 is 0 Å². The molecule has 2 heterocycles. The molecule has 188 valence electrons. The molecule has 1 aliphatic rings. The summed E-state index contributed by atoms with van der Waals surface area (Å²) in [4.78, 5) is 22.7. The van der Waals surface area contributed by atoms with Crippen molar-refractivity contribution in [1.82, 2.24) is 14.8 Å². The smallest absolute Gasteiger partial charge is 0.254 e. The number of rotatable bonds is 6. The lowest BCUT2D eigenvalue weighted by molar-refractivity contribution is 0.0598. The highest BCUT2D eigenvalue weighted by atomic mass is 16.4. The minimum Gasteiger partial charge on any atom is -0.436 e. The second-order valence-electron chi connectivity index (χ2n) is 9.49. The minimum absolute atomic E-state index is 0.00989. The van der Waals surface area contributed by atoms with Crippen LogP contribution >= 0.6 is 0 Å². The van der Waals surface area contributed by atoms with Gasteiger partial charge in [-0.3, -0.25) is 9.69 Å². The fourth-order valence-corrected chi connectivity index (χ4v) is 5.23. The molecule has 0 atom stereocenters. The van der Waals surface area contributed by atoms with Gasteiger partial charge in [0, 0.05) is 37.3 Å². The van der Waals surface area contributed by atoms with E-state index in [1.165, 1.54) is 11.1 Å². The van der Waals surface area contributed by atoms with Gasteiger partial charge in [0.15, 0.2) is 5.76 Å². The quantitative estimate of drug-likeness (QED) is 0.266. The highest BCUT2D eigenvalue weighted by Crippen LogP contribution is 2.31. The molecule has 0 aliphatic carbocycles. The minimum atomic E-state index is 0.00989. The first-order chi connectivity index (χ1) is 18.8. The van der Waals surface area contributed by atoms with E-state index in [4.69, 9.17) is 4.42 Å². The van der Waals surface area contributed by atoms with Gasteiger partial charge >= 0.3 is 0 Å². The van der Waals surface area contributed by atoms with E-state index in [0.29, 0.717) is 35.9 Å². The third-order valence-corrected chi connectivity index (χ3v) is 7.15. The number of piperazine rings is 1. The van der Waals surface area contributed by atoms with E-state index in [0.717, 1.165) is 18.7 Å². The van der Waals surface area contributed by atoms with Gasteiger partial charge in [-0.15, -0.1) is 0 Å². The van der Waals surface area contributed by atoms with Crippen LogP contribution in [-0.4, -0.2) is 46.9 Å². The Morgan fingerprint density at radius 2 is 1.24 bits per heavy atom. The summed E-state index contributed by atoms with van der Waals surface area (Å²) in [5, 5.41) is 0. The Bertz CT molecular complexity index is 1450. The number of carbonyl (C=O) groups excluding carboxylic acids is 1. The van der Waals surface area contributed by atoms with Gasteiger partial charge in [0.2, 0.25) is 5.89 Å². The summed E-state index contributed by atoms with van der Waals surface area (Å²) < 4.78 is 6.09. The second kappa shape index (κ2) is 10.9. The zero-order valence-corrected chi connectivity index (χ0v) is 21.1. The molecule has 1 amide bonds. The first kappa shape index (κ1) is 23.9. The van der Waals surface area contributed by atoms with Crippen LogP contribution in [0.15, 0.2) is 126 Å². The van der Waals surface area contributed by atoms with Crippen molar-refractivity contribution in [3.05, 3.63) is 138 Å². The van der Waals surface area contributed by atoms with Crippen LogP contribution < -0.4 is 0 Å². The van der Waals surface area contributed by atoms with Gasteiger partial charge < -0.3 is 9.32 Å². The molecule has 0 saturated carbocycles. The van der Waals surface area contributed by atoms with Crippen LogP contribution in [0.1, 0.15) is 27.5 Å². The molecule has 0 N–H and O–H groups in total. The average molecular weight is 500 g/mol. The van der Waals surface area contributed by atoms with Crippen molar-refractivity contribution in [2.24, 2.45) is 0 Å². The molecule has 1 aliphatic heterocycles. The summed E-state index contributed by atoms with van der Waals surface area (Å²) in [6.45, 7) is 2.90. The first-order valence-corrected chi connectivity index (χ1v) is 13.0. The Morgan fingerprint density at radius 1 is 0.684 bits per heavy atom. The van der Waals surface area contributed by atoms with Crippen molar-refractivity contribution in [2.75, 3.05) is 26.2 Å². The summed E-state index contributed by atoms with van der Waals surface area (Å²) in [7, 11) is 0. The average Bonchev–Trinajstić information content (AvgIpc) is 3.49. The van der Waals surface area contributed by atoms with Gasteiger partial charge in [-0.2, -0.15) is 0 Å². The van der Waals surface area contributed by atoms with Crippen LogP contribution in [-0.2, 0) is 0 Å². The highest BCUT2D eigenvalue weighted by Gasteiger charge is 2.29. The molecular weight excluding hydrogens is 470 g/mol. The van der Waals surface area contributed by atoms with E-state index in [1.54, 1.807) is 6.20 Å². The zero-order valence-electron chi connectivity index (χ0n) is 21.1. The lowest BCUT2D eigenvalue weighted by atomic mass is 9.96. The van der Waals surface area contributed by atoms with Crippen LogP contribution in [0.5, 0.6) is 0 Å². The predicted molar refractivity (Wildman–Crippen MR) is 150 cm³/mol. The Kier molecular flexibility index (Phi) is 6.83. The molecule has 1 saturated heterocycles. The summed E-state index contributed by atoms with van der Waals surface area (Å²) >= 11 is 0. The lowest BCUT2D eigenvalue weighted by Crippen LogP contribution is -2.50. The maximum atomic E-state index is 13.7. The van der Waals surface area contributed by atoms with Crippen LogP contribution in [0.25, 0.3) is 22.8 Å². The molecule has 0 spiro atoms. The Hall–Kier alpha value is -4.48. The molecule has 4 aromatic carbocycles. The number of hydrogen-bond acceptors (Lipinski definition) is 4. The fraction of sp³-hybridized carbons (Fsp3) is 0.152. The molecule has 5 heteroatoms. The summed E-state index contributed by atoms with van der Waals surface area (Å²) in [6.07, 6.45) is 1.72. The van der Waals surface area contributed by atoms with Crippen molar-refractivity contribution < 1.29 is 9.21 Å². The van der Waals surface area contributed by atoms with Gasteiger partial charge in [-0.25, -0.2) is 4.98 Å². The lowest BCUT2D eigenvalue weighted by Gasteiger charge is -2.40. The topological polar surface area (TPSA) is 49.6 Å². The largest absolute Gasteiger partial charge is 0.436 e. The first-order valence-electron chi connectivity index (χ1n) is 13.0. The molecule has 1 aromatic heterocycles. The maximum Gasteiger partial charge on any atom is 0.254 e. The molecule has 0 unspecified atom stereocenters. The number of oxazole rings is 1. The van der Waals surface area contributed by atoms with Crippen molar-refractivity contribution >= 4 is 5.91 Å². The third kappa shape index (κ3) is 4.89. The standard InChI is InChI=1S/C33H29N3O2/c37-33(29-19-11-10-18-28(29)32-34-24-30(38-32)25-12-4-1-5-13-25)36-22-20-35(21-23-36)31(26-14-6-2-7-15-26)27-16-8-3-9-17-27/h1-19,24,31H,20-23H2. The summed E-state index contributed by atoms with van der Waals surface area (Å²) in [5.74, 6) is 1.15. The van der Waals surface area contributed by atoms with Crippen LogP contribution in [0.2, 0.25) is 0 Å². The number of aromatic nitrogens is 1. The van der Waals surface area contributed by atoms with Crippen molar-refractivity contribution in [3.63, 3.8) is 0 Å². The Balaban J connectivity index is 1.21. The molecule has 5 nitrogen and oxygen atoms in total. The fourth-order valence-electron chi connectivity index (χ4n) is 5.23. The number of hydrogen-bond donors (Lipinski definition) is 0. The molecule has 38 heavy (non-hydrogen) atoms. The molecule has 6 rings (SSSR count). The highest BCUT2D eigenvalue weighted by molar-refractivity contribution is 6.00. The van der Waals surface area contributed by atoms with E-state index >= 15 is 0 Å². The monoisotopic (exact) mass is 499 g/mol. The summed E-state index contributed by atoms with van der Waals surface area (Å²) in [6, 6.07) is 38.8. The van der Waals surface area contributed by atoms with Crippen molar-refractivity contribution in [2.45, 2.75) is 6.04 Å². The number of benzene rings is 4. The third-order valence-electron chi connectivity index (χ3n) is 7.15. The van der Waals surface area contributed by atoms with Crippen LogP contribution in [0.4, 0.5) is 0 Å². The van der Waals surface area contributed by atoms with Crippen molar-refractivity contribution in [1.29, 1.82) is 0 Å². The normalized spacial score (nSPS) is 14.1. The SMILES string of the molecule is O=C(c1ccccc1-c1ncc(-c2ccccc2)o1)N1CCN(C(c2ccccc2)c2ccccc2)CC1. The number of amides is 1. The van der Waals surface area contributed by atoms with E-state index in [2.05, 4.69) is 70.5 Å². The van der Waals surface area contributed by atoms with Crippen molar-refractivity contribution in [3.8, 4) is 22.8 Å². The van der Waals surface area contributed by atoms with Gasteiger partial charge in [0.25, 0.3) is 5.91 Å². The maximum absolute atomic E-state index is 13.7. The number of nitrogens with zero attached hydrogens (tertiary/aromatic N) is 3. The summed E-state index contributed by atoms with van der Waals surface area (Å²) in [5.41, 5.74) is 4.82. The zero-order chi connectivity index (χ0) is 25.7. The van der Waals surface area contributed by atoms with Gasteiger partial charge in [-0.1, -0.05) is 103 Å². The number of carbonyl (C=O) groups is 1. The van der Waals surface area contributed by atoms with E-state index in [9.17, 15) is 4.79 Å². The second-order valence-corrected chi connectivity index (χ2v) is 9.49. The van der Waals surface area contributed by atoms with Crippen LogP contribution in [0.3, 0.4) is 0 Å². The van der Waals surface area contributed by atoms with Gasteiger partial charge in [0.05, 0.1) is 17.8 Å². The molecule has 1 fully saturated rings. The molecule has 5 aromatic rings. The van der Waals surface area contributed by atoms with Crippen LogP contribution in [0, 0.1) is 0 Å². The molecular formula is C33H29N3O2. The Labute approximate surface area is 223 Å². The molecule has 0 radical (unpaired) electrons. The van der Waals surface area contributed by atoms with E-state index in [1.807, 2.05) is 59.5 Å². The van der Waals surface area contributed by atoms with Gasteiger partial charge in [0.1, 0.15) is 0 Å².